The van der Waals surface area contributed by atoms with Gasteiger partial charge in [-0.15, -0.1) is 0 Å². The number of aromatic nitrogens is 1. The highest BCUT2D eigenvalue weighted by Crippen LogP contribution is 2.34. The Morgan fingerprint density at radius 2 is 2.00 bits per heavy atom. The molecule has 0 radical (unpaired) electrons. The maximum absolute atomic E-state index is 12.3. The van der Waals surface area contributed by atoms with Gasteiger partial charge in [0.1, 0.15) is 0 Å². The number of hydrogen-bond acceptors (Lipinski definition) is 4. The van der Waals surface area contributed by atoms with Crippen molar-refractivity contribution >= 4 is 11.5 Å². The van der Waals surface area contributed by atoms with Crippen molar-refractivity contribution in [2.45, 2.75) is 13.8 Å². The minimum absolute atomic E-state index is 0.0777. The predicted octanol–water partition coefficient (Wildman–Crippen LogP) is 2.67. The molecule has 21 heavy (non-hydrogen) atoms. The molecule has 0 atom stereocenters. The van der Waals surface area contributed by atoms with Crippen molar-refractivity contribution < 1.29 is 14.3 Å². The molecule has 5 nitrogen and oxygen atoms in total. The van der Waals surface area contributed by atoms with Gasteiger partial charge in [0, 0.05) is 35.8 Å². The number of carbonyl (C=O) groups is 1. The van der Waals surface area contributed by atoms with Crippen LogP contribution < -0.4 is 14.8 Å². The molecule has 2 aromatic rings. The van der Waals surface area contributed by atoms with Crippen LogP contribution in [0.5, 0.6) is 11.5 Å². The van der Waals surface area contributed by atoms with Crippen LogP contribution in [-0.4, -0.2) is 23.7 Å². The number of fused-ring (bicyclic) bond motifs is 1. The number of carbonyl (C=O) groups excluding carboxylic acids is 1. The van der Waals surface area contributed by atoms with Gasteiger partial charge in [-0.3, -0.25) is 4.79 Å². The molecule has 1 aliphatic heterocycles. The summed E-state index contributed by atoms with van der Waals surface area (Å²) >= 11 is 0. The molecule has 1 aromatic carbocycles. The third kappa shape index (κ3) is 2.46. The topological polar surface area (TPSA) is 52.5 Å². The van der Waals surface area contributed by atoms with Gasteiger partial charge in [-0.2, -0.15) is 0 Å². The molecule has 0 saturated heterocycles. The zero-order valence-corrected chi connectivity index (χ0v) is 12.4. The van der Waals surface area contributed by atoms with E-state index >= 15 is 0 Å². The van der Waals surface area contributed by atoms with Crippen LogP contribution in [0.1, 0.15) is 21.7 Å². The lowest BCUT2D eigenvalue weighted by molar-refractivity contribution is 0.101. The SMILES string of the molecule is Cc1cc(C(=O)CNc2ccc3c(c2)OCO3)c(C)n1C. The van der Waals surface area contributed by atoms with E-state index in [4.69, 9.17) is 9.47 Å². The molecule has 5 heteroatoms. The highest BCUT2D eigenvalue weighted by Gasteiger charge is 2.15. The molecule has 1 aromatic heterocycles. The molecule has 0 amide bonds. The third-order valence-electron chi connectivity index (χ3n) is 3.90. The number of nitrogens with zero attached hydrogens (tertiary/aromatic N) is 1. The number of ether oxygens (including phenoxy) is 2. The Hall–Kier alpha value is -2.43. The standard InChI is InChI=1S/C16H18N2O3/c1-10-6-13(11(2)18(10)3)14(19)8-17-12-4-5-15-16(7-12)21-9-20-15/h4-7,17H,8-9H2,1-3H3. The second-order valence-corrected chi connectivity index (χ2v) is 5.19. The first-order valence-corrected chi connectivity index (χ1v) is 6.86. The fourth-order valence-electron chi connectivity index (χ4n) is 2.42. The molecule has 0 bridgehead atoms. The maximum Gasteiger partial charge on any atom is 0.231 e. The number of anilines is 1. The Balaban J connectivity index is 1.70. The molecule has 0 unspecified atom stereocenters. The molecule has 0 fully saturated rings. The molecule has 1 aliphatic rings. The Morgan fingerprint density at radius 3 is 2.71 bits per heavy atom. The lowest BCUT2D eigenvalue weighted by Gasteiger charge is -2.07. The summed E-state index contributed by atoms with van der Waals surface area (Å²) in [6.07, 6.45) is 0. The second-order valence-electron chi connectivity index (χ2n) is 5.19. The number of benzene rings is 1. The minimum atomic E-state index is 0.0777. The number of Topliss-reactive ketones (excluding diaryl/α,β-unsaturated/α-hetero) is 1. The van der Waals surface area contributed by atoms with E-state index in [1.54, 1.807) is 0 Å². The lowest BCUT2D eigenvalue weighted by Crippen LogP contribution is -2.14. The first kappa shape index (κ1) is 13.5. The summed E-state index contributed by atoms with van der Waals surface area (Å²) in [5.41, 5.74) is 3.69. The van der Waals surface area contributed by atoms with Crippen LogP contribution in [0.3, 0.4) is 0 Å². The van der Waals surface area contributed by atoms with Crippen molar-refractivity contribution in [1.29, 1.82) is 0 Å². The maximum atomic E-state index is 12.3. The Bertz CT molecular complexity index is 704. The zero-order chi connectivity index (χ0) is 15.0. The number of rotatable bonds is 4. The van der Waals surface area contributed by atoms with E-state index in [1.165, 1.54) is 0 Å². The van der Waals surface area contributed by atoms with E-state index in [1.807, 2.05) is 49.7 Å². The summed E-state index contributed by atoms with van der Waals surface area (Å²) in [5, 5.41) is 3.13. The Morgan fingerprint density at radius 1 is 1.24 bits per heavy atom. The van der Waals surface area contributed by atoms with Crippen LogP contribution in [0.25, 0.3) is 0 Å². The van der Waals surface area contributed by atoms with E-state index in [0.717, 1.165) is 28.4 Å². The molecule has 110 valence electrons. The van der Waals surface area contributed by atoms with Gasteiger partial charge >= 0.3 is 0 Å². The van der Waals surface area contributed by atoms with Crippen molar-refractivity contribution in [2.75, 3.05) is 18.7 Å². The molecule has 3 rings (SSSR count). The van der Waals surface area contributed by atoms with Crippen molar-refractivity contribution in [2.24, 2.45) is 7.05 Å². The second kappa shape index (κ2) is 5.16. The van der Waals surface area contributed by atoms with Gasteiger partial charge in [-0.05, 0) is 32.0 Å². The Labute approximate surface area is 123 Å². The molecular formula is C16H18N2O3. The van der Waals surface area contributed by atoms with Gasteiger partial charge < -0.3 is 19.4 Å². The lowest BCUT2D eigenvalue weighted by atomic mass is 10.1. The van der Waals surface area contributed by atoms with Crippen molar-refractivity contribution in [3.8, 4) is 11.5 Å². The first-order valence-electron chi connectivity index (χ1n) is 6.86. The molecular weight excluding hydrogens is 268 g/mol. The van der Waals surface area contributed by atoms with Gasteiger partial charge in [0.2, 0.25) is 6.79 Å². The van der Waals surface area contributed by atoms with Crippen LogP contribution in [0, 0.1) is 13.8 Å². The average Bonchev–Trinajstić information content (AvgIpc) is 3.04. The summed E-state index contributed by atoms with van der Waals surface area (Å²) in [6, 6.07) is 7.49. The predicted molar refractivity (Wildman–Crippen MR) is 80.3 cm³/mol. The number of hydrogen-bond donors (Lipinski definition) is 1. The van der Waals surface area contributed by atoms with Gasteiger partial charge in [0.25, 0.3) is 0 Å². The molecule has 1 N–H and O–H groups in total. The monoisotopic (exact) mass is 286 g/mol. The normalized spacial score (nSPS) is 12.5. The van der Waals surface area contributed by atoms with E-state index in [0.29, 0.717) is 5.75 Å². The fraction of sp³-hybridized carbons (Fsp3) is 0.312. The molecule has 0 saturated carbocycles. The third-order valence-corrected chi connectivity index (χ3v) is 3.90. The summed E-state index contributed by atoms with van der Waals surface area (Å²) in [4.78, 5) is 12.3. The summed E-state index contributed by atoms with van der Waals surface area (Å²) in [5.74, 6) is 1.52. The quantitative estimate of drug-likeness (QED) is 0.878. The highest BCUT2D eigenvalue weighted by atomic mass is 16.7. The molecule has 0 aliphatic carbocycles. The van der Waals surface area contributed by atoms with Crippen molar-refractivity contribution in [3.63, 3.8) is 0 Å². The summed E-state index contributed by atoms with van der Waals surface area (Å²) in [6.45, 7) is 4.46. The summed E-state index contributed by atoms with van der Waals surface area (Å²) in [7, 11) is 1.96. The van der Waals surface area contributed by atoms with Gasteiger partial charge in [-0.25, -0.2) is 0 Å². The molecule has 2 heterocycles. The highest BCUT2D eigenvalue weighted by molar-refractivity contribution is 6.00. The largest absolute Gasteiger partial charge is 0.454 e. The van der Waals surface area contributed by atoms with Gasteiger partial charge in [0.15, 0.2) is 17.3 Å². The van der Waals surface area contributed by atoms with Gasteiger partial charge in [0.05, 0.1) is 6.54 Å². The first-order chi connectivity index (χ1) is 10.1. The van der Waals surface area contributed by atoms with Crippen LogP contribution in [-0.2, 0) is 7.05 Å². The number of aryl methyl sites for hydroxylation is 1. The number of ketones is 1. The van der Waals surface area contributed by atoms with Crippen molar-refractivity contribution in [1.82, 2.24) is 4.57 Å². The van der Waals surface area contributed by atoms with E-state index in [2.05, 4.69) is 5.32 Å². The number of nitrogens with one attached hydrogen (secondary N) is 1. The zero-order valence-electron chi connectivity index (χ0n) is 12.4. The average molecular weight is 286 g/mol. The van der Waals surface area contributed by atoms with Crippen LogP contribution in [0.4, 0.5) is 5.69 Å². The summed E-state index contributed by atoms with van der Waals surface area (Å²) < 4.78 is 12.6. The fourth-order valence-corrected chi connectivity index (χ4v) is 2.42. The van der Waals surface area contributed by atoms with Crippen LogP contribution in [0.15, 0.2) is 24.3 Å². The van der Waals surface area contributed by atoms with E-state index in [9.17, 15) is 4.79 Å². The smallest absolute Gasteiger partial charge is 0.231 e. The van der Waals surface area contributed by atoms with E-state index < -0.39 is 0 Å². The minimum Gasteiger partial charge on any atom is -0.454 e. The van der Waals surface area contributed by atoms with E-state index in [-0.39, 0.29) is 19.1 Å². The molecule has 0 spiro atoms. The van der Waals surface area contributed by atoms with Crippen LogP contribution in [0.2, 0.25) is 0 Å². The van der Waals surface area contributed by atoms with Crippen LogP contribution >= 0.6 is 0 Å². The van der Waals surface area contributed by atoms with Crippen molar-refractivity contribution in [3.05, 3.63) is 41.2 Å². The Kier molecular flexibility index (Phi) is 3.33. The van der Waals surface area contributed by atoms with Gasteiger partial charge in [-0.1, -0.05) is 0 Å².